The minimum absolute atomic E-state index is 0.0622. The van der Waals surface area contributed by atoms with Gasteiger partial charge in [-0.15, -0.1) is 0 Å². The summed E-state index contributed by atoms with van der Waals surface area (Å²) in [4.78, 5) is 13.8. The maximum atomic E-state index is 12.9. The Balaban J connectivity index is 1.86. The van der Waals surface area contributed by atoms with Gasteiger partial charge in [-0.05, 0) is 41.8 Å². The van der Waals surface area contributed by atoms with Crippen molar-refractivity contribution in [1.82, 2.24) is 4.90 Å². The first kappa shape index (κ1) is 16.0. The number of ether oxygens (including phenoxy) is 1. The first-order valence-corrected chi connectivity index (χ1v) is 7.20. The van der Waals surface area contributed by atoms with E-state index in [1.807, 2.05) is 24.3 Å². The molecule has 0 aliphatic rings. The number of benzene rings is 2. The van der Waals surface area contributed by atoms with Crippen molar-refractivity contribution >= 4 is 5.91 Å². The van der Waals surface area contributed by atoms with Crippen molar-refractivity contribution < 1.29 is 13.9 Å². The predicted octanol–water partition coefficient (Wildman–Crippen LogP) is 3.43. The van der Waals surface area contributed by atoms with E-state index in [1.54, 1.807) is 31.2 Å². The fourth-order valence-electron chi connectivity index (χ4n) is 2.22. The molecule has 0 aromatic heterocycles. The van der Waals surface area contributed by atoms with E-state index in [0.29, 0.717) is 19.4 Å². The number of amides is 1. The predicted molar refractivity (Wildman–Crippen MR) is 84.2 cm³/mol. The largest absolute Gasteiger partial charge is 0.497 e. The fraction of sp³-hybridized carbons (Fsp3) is 0.278. The number of halogens is 1. The Morgan fingerprint density at radius 1 is 1.14 bits per heavy atom. The lowest BCUT2D eigenvalue weighted by Crippen LogP contribution is -2.26. The molecule has 116 valence electrons. The molecule has 3 nitrogen and oxygen atoms in total. The van der Waals surface area contributed by atoms with Crippen LogP contribution < -0.4 is 4.74 Å². The van der Waals surface area contributed by atoms with Crippen LogP contribution in [0.15, 0.2) is 48.5 Å². The van der Waals surface area contributed by atoms with Crippen molar-refractivity contribution in [2.24, 2.45) is 0 Å². The number of rotatable bonds is 6. The van der Waals surface area contributed by atoms with Crippen molar-refractivity contribution in [3.63, 3.8) is 0 Å². The molecule has 0 bridgehead atoms. The Kier molecular flexibility index (Phi) is 5.53. The summed E-state index contributed by atoms with van der Waals surface area (Å²) in [5.74, 6) is 0.590. The Morgan fingerprint density at radius 2 is 1.86 bits per heavy atom. The summed E-state index contributed by atoms with van der Waals surface area (Å²) in [5.41, 5.74) is 1.99. The average molecular weight is 301 g/mol. The van der Waals surface area contributed by atoms with Gasteiger partial charge in [-0.2, -0.15) is 0 Å². The Labute approximate surface area is 130 Å². The molecule has 0 saturated carbocycles. The van der Waals surface area contributed by atoms with Gasteiger partial charge < -0.3 is 9.64 Å². The lowest BCUT2D eigenvalue weighted by atomic mass is 10.1. The van der Waals surface area contributed by atoms with Gasteiger partial charge in [0.15, 0.2) is 0 Å². The van der Waals surface area contributed by atoms with Crippen LogP contribution in [0.3, 0.4) is 0 Å². The van der Waals surface area contributed by atoms with Crippen LogP contribution >= 0.6 is 0 Å². The van der Waals surface area contributed by atoms with Crippen LogP contribution in [0.1, 0.15) is 17.5 Å². The molecule has 0 fully saturated rings. The van der Waals surface area contributed by atoms with Crippen molar-refractivity contribution in [1.29, 1.82) is 0 Å². The Hall–Kier alpha value is -2.36. The van der Waals surface area contributed by atoms with Gasteiger partial charge in [0, 0.05) is 20.0 Å². The van der Waals surface area contributed by atoms with E-state index < -0.39 is 0 Å². The van der Waals surface area contributed by atoms with E-state index in [9.17, 15) is 9.18 Å². The van der Waals surface area contributed by atoms with Gasteiger partial charge in [-0.25, -0.2) is 4.39 Å². The molecular formula is C18H20FNO2. The highest BCUT2D eigenvalue weighted by atomic mass is 19.1. The second-order valence-corrected chi connectivity index (χ2v) is 5.23. The smallest absolute Gasteiger partial charge is 0.222 e. The number of carbonyl (C=O) groups excluding carboxylic acids is 1. The molecule has 2 rings (SSSR count). The van der Waals surface area contributed by atoms with E-state index in [0.717, 1.165) is 16.9 Å². The van der Waals surface area contributed by atoms with Gasteiger partial charge in [0.05, 0.1) is 7.11 Å². The van der Waals surface area contributed by atoms with Crippen LogP contribution in [-0.2, 0) is 17.8 Å². The van der Waals surface area contributed by atoms with Crippen molar-refractivity contribution in [2.45, 2.75) is 19.4 Å². The molecular weight excluding hydrogens is 281 g/mol. The topological polar surface area (TPSA) is 29.5 Å². The van der Waals surface area contributed by atoms with Gasteiger partial charge in [0.1, 0.15) is 11.6 Å². The number of nitrogens with zero attached hydrogens (tertiary/aromatic N) is 1. The number of carbonyl (C=O) groups is 1. The number of hydrogen-bond donors (Lipinski definition) is 0. The van der Waals surface area contributed by atoms with E-state index in [2.05, 4.69) is 0 Å². The summed E-state index contributed by atoms with van der Waals surface area (Å²) in [7, 11) is 3.39. The van der Waals surface area contributed by atoms with E-state index in [4.69, 9.17) is 4.74 Å². The third-order valence-electron chi connectivity index (χ3n) is 3.52. The van der Waals surface area contributed by atoms with Crippen LogP contribution in [0.5, 0.6) is 5.75 Å². The first-order chi connectivity index (χ1) is 10.6. The van der Waals surface area contributed by atoms with Crippen molar-refractivity contribution in [2.75, 3.05) is 14.2 Å². The second kappa shape index (κ2) is 7.59. The first-order valence-electron chi connectivity index (χ1n) is 7.20. The van der Waals surface area contributed by atoms with Gasteiger partial charge in [-0.3, -0.25) is 4.79 Å². The third kappa shape index (κ3) is 4.58. The molecule has 22 heavy (non-hydrogen) atoms. The maximum Gasteiger partial charge on any atom is 0.222 e. The molecule has 0 heterocycles. The lowest BCUT2D eigenvalue weighted by Gasteiger charge is -2.17. The molecule has 4 heteroatoms. The minimum atomic E-state index is -0.268. The molecule has 2 aromatic carbocycles. The quantitative estimate of drug-likeness (QED) is 0.818. The Morgan fingerprint density at radius 3 is 2.55 bits per heavy atom. The summed E-state index contributed by atoms with van der Waals surface area (Å²) in [6, 6.07) is 13.9. The van der Waals surface area contributed by atoms with E-state index >= 15 is 0 Å². The Bertz CT molecular complexity index is 625. The molecule has 2 aromatic rings. The molecule has 0 aliphatic carbocycles. The van der Waals surface area contributed by atoms with Crippen LogP contribution in [0.2, 0.25) is 0 Å². The van der Waals surface area contributed by atoms with E-state index in [-0.39, 0.29) is 11.7 Å². The highest BCUT2D eigenvalue weighted by molar-refractivity contribution is 5.76. The fourth-order valence-corrected chi connectivity index (χ4v) is 2.22. The van der Waals surface area contributed by atoms with Crippen molar-refractivity contribution in [3.05, 3.63) is 65.5 Å². The van der Waals surface area contributed by atoms with Crippen LogP contribution in [0, 0.1) is 5.82 Å². The maximum absolute atomic E-state index is 12.9. The zero-order valence-electron chi connectivity index (χ0n) is 12.9. The third-order valence-corrected chi connectivity index (χ3v) is 3.52. The van der Waals surface area contributed by atoms with Gasteiger partial charge >= 0.3 is 0 Å². The average Bonchev–Trinajstić information content (AvgIpc) is 2.54. The normalized spacial score (nSPS) is 10.3. The molecule has 0 atom stereocenters. The highest BCUT2D eigenvalue weighted by Gasteiger charge is 2.10. The molecule has 0 aliphatic heterocycles. The lowest BCUT2D eigenvalue weighted by molar-refractivity contribution is -0.130. The molecule has 0 unspecified atom stereocenters. The van der Waals surface area contributed by atoms with Crippen molar-refractivity contribution in [3.8, 4) is 5.75 Å². The molecule has 1 amide bonds. The summed E-state index contributed by atoms with van der Waals surface area (Å²) in [6.07, 6.45) is 1.11. The second-order valence-electron chi connectivity index (χ2n) is 5.23. The molecule has 0 saturated heterocycles. The van der Waals surface area contributed by atoms with Crippen LogP contribution in [-0.4, -0.2) is 25.0 Å². The zero-order chi connectivity index (χ0) is 15.9. The minimum Gasteiger partial charge on any atom is -0.497 e. The molecule has 0 radical (unpaired) electrons. The molecule has 0 N–H and O–H groups in total. The summed E-state index contributed by atoms with van der Waals surface area (Å²) in [6.45, 7) is 0.483. The number of hydrogen-bond acceptors (Lipinski definition) is 2. The summed E-state index contributed by atoms with van der Waals surface area (Å²) >= 11 is 0. The zero-order valence-corrected chi connectivity index (χ0v) is 12.9. The summed E-state index contributed by atoms with van der Waals surface area (Å²) in [5, 5.41) is 0. The van der Waals surface area contributed by atoms with Crippen LogP contribution in [0.4, 0.5) is 4.39 Å². The highest BCUT2D eigenvalue weighted by Crippen LogP contribution is 2.14. The summed E-state index contributed by atoms with van der Waals surface area (Å²) < 4.78 is 18.0. The van der Waals surface area contributed by atoms with Gasteiger partial charge in [0.25, 0.3) is 0 Å². The number of aryl methyl sites for hydroxylation is 1. The standard InChI is InChI=1S/C18H20FNO2/c1-20(13-15-6-9-16(19)10-7-15)18(21)11-8-14-4-3-5-17(12-14)22-2/h3-7,9-10,12H,8,11,13H2,1-2H3. The van der Waals surface area contributed by atoms with Gasteiger partial charge in [0.2, 0.25) is 5.91 Å². The number of methoxy groups -OCH3 is 1. The molecule has 0 spiro atoms. The van der Waals surface area contributed by atoms with Crippen LogP contribution in [0.25, 0.3) is 0 Å². The SMILES string of the molecule is COc1cccc(CCC(=O)N(C)Cc2ccc(F)cc2)c1. The van der Waals surface area contributed by atoms with E-state index in [1.165, 1.54) is 12.1 Å². The van der Waals surface area contributed by atoms with Gasteiger partial charge in [-0.1, -0.05) is 24.3 Å². The monoisotopic (exact) mass is 301 g/mol.